The summed E-state index contributed by atoms with van der Waals surface area (Å²) in [4.78, 5) is 31.0. The van der Waals surface area contributed by atoms with Gasteiger partial charge in [0.05, 0.1) is 18.3 Å². The van der Waals surface area contributed by atoms with Crippen LogP contribution in [0.1, 0.15) is 33.1 Å². The molecule has 4 aliphatic carbocycles. The van der Waals surface area contributed by atoms with Crippen LogP contribution in [0, 0.1) is 34.4 Å². The van der Waals surface area contributed by atoms with Crippen LogP contribution in [-0.2, 0) is 14.4 Å². The number of aliphatic carboxylic acids is 1. The quantitative estimate of drug-likeness (QED) is 0.636. The van der Waals surface area contributed by atoms with Crippen molar-refractivity contribution in [2.24, 2.45) is 28.6 Å². The Bertz CT molecular complexity index is 1240. The maximum absolute atomic E-state index is 17.3. The van der Waals surface area contributed by atoms with Gasteiger partial charge in [0.1, 0.15) is 12.0 Å². The van der Waals surface area contributed by atoms with E-state index in [4.69, 9.17) is 4.84 Å². The van der Waals surface area contributed by atoms with Crippen LogP contribution >= 0.6 is 0 Å². The predicted molar refractivity (Wildman–Crippen MR) is 123 cm³/mol. The number of aliphatic hydroxyl groups excluding tert-OH is 1. The average Bonchev–Trinajstić information content (AvgIpc) is 3.31. The minimum Gasteiger partial charge on any atom is -0.479 e. The zero-order valence-electron chi connectivity index (χ0n) is 20.0. The number of halogens is 3. The number of hydrogen-bond acceptors (Lipinski definition) is 5. The van der Waals surface area contributed by atoms with Crippen LogP contribution < -0.4 is 5.06 Å². The highest BCUT2D eigenvalue weighted by Crippen LogP contribution is 2.72. The Kier molecular flexibility index (Phi) is 4.76. The molecule has 9 heteroatoms. The van der Waals surface area contributed by atoms with E-state index in [1.54, 1.807) is 13.0 Å². The molecular formula is C27H28F3NO5. The molecule has 0 amide bonds. The number of rotatable bonds is 2. The molecule has 1 aromatic carbocycles. The van der Waals surface area contributed by atoms with Gasteiger partial charge in [0, 0.05) is 22.7 Å². The second-order valence-electron chi connectivity index (χ2n) is 11.5. The molecule has 4 fully saturated rings. The zero-order valence-corrected chi connectivity index (χ0v) is 20.0. The second kappa shape index (κ2) is 7.22. The molecular weight excluding hydrogens is 475 g/mol. The first-order valence-electron chi connectivity index (χ1n) is 12.3. The van der Waals surface area contributed by atoms with Crippen LogP contribution in [0.25, 0.3) is 0 Å². The van der Waals surface area contributed by atoms with Gasteiger partial charge in [0.15, 0.2) is 11.5 Å². The second-order valence-corrected chi connectivity index (χ2v) is 11.5. The molecule has 1 heterocycles. The lowest BCUT2D eigenvalue weighted by atomic mass is 9.44. The Hall–Kier alpha value is -2.65. The van der Waals surface area contributed by atoms with Crippen molar-refractivity contribution in [3.05, 3.63) is 53.9 Å². The lowest BCUT2D eigenvalue weighted by Gasteiger charge is -2.62. The van der Waals surface area contributed by atoms with Crippen LogP contribution in [0.2, 0.25) is 0 Å². The van der Waals surface area contributed by atoms with Gasteiger partial charge in [-0.3, -0.25) is 14.7 Å². The van der Waals surface area contributed by atoms with Crippen molar-refractivity contribution < 1.29 is 37.8 Å². The number of hydroxylamine groups is 1. The minimum absolute atomic E-state index is 0.0241. The Morgan fingerprint density at radius 3 is 2.67 bits per heavy atom. The lowest BCUT2D eigenvalue weighted by Crippen LogP contribution is -2.70. The van der Waals surface area contributed by atoms with E-state index >= 15 is 8.78 Å². The maximum Gasteiger partial charge on any atom is 0.339 e. The van der Waals surface area contributed by atoms with E-state index in [0.29, 0.717) is 5.69 Å². The smallest absolute Gasteiger partial charge is 0.339 e. The molecule has 0 unspecified atom stereocenters. The number of benzene rings is 1. The van der Waals surface area contributed by atoms with Crippen molar-refractivity contribution in [1.29, 1.82) is 0 Å². The first kappa shape index (κ1) is 23.7. The van der Waals surface area contributed by atoms with E-state index in [2.05, 4.69) is 0 Å². The van der Waals surface area contributed by atoms with Gasteiger partial charge in [-0.25, -0.2) is 18.0 Å². The first-order chi connectivity index (χ1) is 16.9. The van der Waals surface area contributed by atoms with Gasteiger partial charge in [-0.1, -0.05) is 19.1 Å². The minimum atomic E-state index is -2.29. The number of hydrogen-bond donors (Lipinski definition) is 2. The van der Waals surface area contributed by atoms with Crippen molar-refractivity contribution in [3.8, 4) is 0 Å². The summed E-state index contributed by atoms with van der Waals surface area (Å²) in [5.74, 6) is -4.33. The first-order valence-corrected chi connectivity index (χ1v) is 12.3. The van der Waals surface area contributed by atoms with Crippen molar-refractivity contribution in [3.63, 3.8) is 0 Å². The molecule has 0 bridgehead atoms. The van der Waals surface area contributed by atoms with E-state index in [1.807, 2.05) is 0 Å². The molecule has 5 aliphatic rings. The molecule has 3 saturated carbocycles. The van der Waals surface area contributed by atoms with Gasteiger partial charge in [-0.05, 0) is 68.0 Å². The standard InChI is InChI=1S/C27H28F3NO5/c1-24-7-6-17(32)10-20(24)21(29)11-19-18-8-14-13-31(16-5-3-4-15(28)9-16)36-27(14,23(34)35)25(18,2)12-22(33)26(19,24)30/h3-7,9-10,14,18-19,21-22,33H,8,11-13H2,1-2H3,(H,34,35)/t14-,18-,19-,21-,22-,24-,25-,26-,27-/m0/s1. The van der Waals surface area contributed by atoms with E-state index in [1.165, 1.54) is 42.3 Å². The van der Waals surface area contributed by atoms with Gasteiger partial charge in [0.2, 0.25) is 5.60 Å². The summed E-state index contributed by atoms with van der Waals surface area (Å²) in [6.07, 6.45) is 0.261. The van der Waals surface area contributed by atoms with Gasteiger partial charge in [0.25, 0.3) is 0 Å². The van der Waals surface area contributed by atoms with E-state index in [9.17, 15) is 24.2 Å². The molecule has 192 valence electrons. The number of alkyl halides is 2. The maximum atomic E-state index is 17.3. The molecule has 0 aromatic heterocycles. The van der Waals surface area contributed by atoms with E-state index in [0.717, 1.165) is 6.08 Å². The van der Waals surface area contributed by atoms with Crippen molar-refractivity contribution in [2.75, 3.05) is 11.6 Å². The summed E-state index contributed by atoms with van der Waals surface area (Å²) in [6, 6.07) is 5.64. The zero-order chi connectivity index (χ0) is 25.8. The van der Waals surface area contributed by atoms with Crippen molar-refractivity contribution in [2.45, 2.75) is 56.7 Å². The van der Waals surface area contributed by atoms with Gasteiger partial charge >= 0.3 is 5.97 Å². The predicted octanol–water partition coefficient (Wildman–Crippen LogP) is 3.95. The van der Waals surface area contributed by atoms with Crippen LogP contribution in [0.4, 0.5) is 18.9 Å². The number of carbonyl (C=O) groups excluding carboxylic acids is 1. The van der Waals surface area contributed by atoms with Crippen LogP contribution in [0.3, 0.4) is 0 Å². The number of anilines is 1. The van der Waals surface area contributed by atoms with Gasteiger partial charge in [-0.15, -0.1) is 0 Å². The molecule has 36 heavy (non-hydrogen) atoms. The van der Waals surface area contributed by atoms with Crippen LogP contribution in [0.15, 0.2) is 48.1 Å². The number of allylic oxidation sites excluding steroid dienone is 4. The summed E-state index contributed by atoms with van der Waals surface area (Å²) >= 11 is 0. The molecule has 1 aromatic rings. The van der Waals surface area contributed by atoms with Crippen molar-refractivity contribution in [1.82, 2.24) is 0 Å². The Balaban J connectivity index is 1.44. The fourth-order valence-corrected chi connectivity index (χ4v) is 8.39. The number of carbonyl (C=O) groups is 2. The van der Waals surface area contributed by atoms with Crippen molar-refractivity contribution >= 4 is 17.4 Å². The summed E-state index contributed by atoms with van der Waals surface area (Å²) < 4.78 is 46.7. The highest BCUT2D eigenvalue weighted by molar-refractivity contribution is 6.01. The fraction of sp³-hybridized carbons (Fsp3) is 0.556. The summed E-state index contributed by atoms with van der Waals surface area (Å²) in [6.45, 7) is 3.34. The number of aliphatic hydroxyl groups is 1. The molecule has 2 N–H and O–H groups in total. The third-order valence-corrected chi connectivity index (χ3v) is 10.0. The number of carboxylic acid groups (broad SMARTS) is 1. The number of ketones is 1. The van der Waals surface area contributed by atoms with Crippen LogP contribution in [0.5, 0.6) is 0 Å². The molecule has 0 spiro atoms. The number of fused-ring (bicyclic) bond motifs is 7. The van der Waals surface area contributed by atoms with E-state index < -0.39 is 69.7 Å². The molecule has 1 aliphatic heterocycles. The molecule has 9 atom stereocenters. The third kappa shape index (κ3) is 2.60. The third-order valence-electron chi connectivity index (χ3n) is 10.0. The monoisotopic (exact) mass is 503 g/mol. The van der Waals surface area contributed by atoms with Crippen LogP contribution in [-0.4, -0.2) is 52.1 Å². The summed E-state index contributed by atoms with van der Waals surface area (Å²) in [5.41, 5.74) is -6.46. The number of nitrogens with zero attached hydrogens (tertiary/aromatic N) is 1. The highest BCUT2D eigenvalue weighted by atomic mass is 19.1. The molecule has 1 saturated heterocycles. The highest BCUT2D eigenvalue weighted by Gasteiger charge is 2.80. The van der Waals surface area contributed by atoms with Gasteiger partial charge in [-0.2, -0.15) is 0 Å². The average molecular weight is 504 g/mol. The molecule has 0 radical (unpaired) electrons. The largest absolute Gasteiger partial charge is 0.479 e. The Morgan fingerprint density at radius 2 is 1.97 bits per heavy atom. The number of carboxylic acids is 1. The lowest BCUT2D eigenvalue weighted by molar-refractivity contribution is -0.233. The Morgan fingerprint density at radius 1 is 1.22 bits per heavy atom. The van der Waals surface area contributed by atoms with Gasteiger partial charge < -0.3 is 10.2 Å². The molecule has 6 nitrogen and oxygen atoms in total. The normalized spacial score (nSPS) is 47.1. The SMILES string of the molecule is C[C@]12C=CC(=O)C=C1[C@@H](F)C[C@H]1[C@@H]3C[C@H]4CN(c5cccc(F)c5)O[C@@]4(C(=O)O)[C@@]3(C)C[C@H](O)[C@@]12F. The fourth-order valence-electron chi connectivity index (χ4n) is 8.39. The summed E-state index contributed by atoms with van der Waals surface area (Å²) in [7, 11) is 0. The van der Waals surface area contributed by atoms with E-state index in [-0.39, 0.29) is 31.4 Å². The Labute approximate surface area is 206 Å². The topological polar surface area (TPSA) is 87.1 Å². The summed E-state index contributed by atoms with van der Waals surface area (Å²) in [5, 5.41) is 23.3. The molecule has 6 rings (SSSR count).